The van der Waals surface area contributed by atoms with Gasteiger partial charge in [-0.25, -0.2) is 0 Å². The molecule has 0 aromatic heterocycles. The molecule has 0 heterocycles. The molecule has 0 unspecified atom stereocenters. The average Bonchev–Trinajstić information content (AvgIpc) is 2.24. The number of halogens is 1. The summed E-state index contributed by atoms with van der Waals surface area (Å²) in [5.74, 6) is -0.833. The molecule has 0 spiro atoms. The topological polar surface area (TPSA) is 44.5 Å². The van der Waals surface area contributed by atoms with Crippen LogP contribution in [0.4, 0.5) is 0 Å². The second-order valence-electron chi connectivity index (χ2n) is 2.87. The fourth-order valence-electron chi connectivity index (χ4n) is 1.31. The Morgan fingerprint density at radius 2 is 1.71 bits per heavy atom. The van der Waals surface area contributed by atoms with Gasteiger partial charge in [-0.2, -0.15) is 0 Å². The van der Waals surface area contributed by atoms with Gasteiger partial charge < -0.3 is 15.2 Å². The van der Waals surface area contributed by atoms with Crippen LogP contribution in [0, 0.1) is 0 Å². The van der Waals surface area contributed by atoms with Gasteiger partial charge in [-0.05, 0) is 12.1 Å². The van der Waals surface area contributed by atoms with E-state index in [0.717, 1.165) is 10.0 Å². The molecule has 0 saturated heterocycles. The van der Waals surface area contributed by atoms with Gasteiger partial charge in [0.2, 0.25) is 5.79 Å². The summed E-state index contributed by atoms with van der Waals surface area (Å²) in [6, 6.07) is 7.70. The molecule has 1 aromatic rings. The Balaban J connectivity index is 3.05. The van der Waals surface area contributed by atoms with Crippen LogP contribution in [0.1, 0.15) is 5.56 Å². The second-order valence-corrected chi connectivity index (χ2v) is 3.79. The summed E-state index contributed by atoms with van der Waals surface area (Å²) >= 11 is 3.37. The fraction of sp³-hybridized carbons (Fsp3) is 0.400. The highest BCUT2D eigenvalue weighted by molar-refractivity contribution is 9.10. The van der Waals surface area contributed by atoms with Gasteiger partial charge in [-0.15, -0.1) is 0 Å². The first-order chi connectivity index (χ1) is 6.68. The molecule has 78 valence electrons. The molecule has 4 heteroatoms. The van der Waals surface area contributed by atoms with E-state index in [1.165, 1.54) is 0 Å². The highest BCUT2D eigenvalue weighted by atomic mass is 79.9. The van der Waals surface area contributed by atoms with Crippen molar-refractivity contribution < 1.29 is 9.47 Å². The largest absolute Gasteiger partial charge is 0.348 e. The third-order valence-corrected chi connectivity index (χ3v) is 2.74. The SMILES string of the molecule is COC(CN)(OC)c1ccc(Br)cc1. The monoisotopic (exact) mass is 259 g/mol. The number of rotatable bonds is 4. The van der Waals surface area contributed by atoms with E-state index in [9.17, 15) is 0 Å². The maximum atomic E-state index is 5.64. The molecule has 0 bridgehead atoms. The standard InChI is InChI=1S/C10H14BrNO2/c1-13-10(7-12,14-2)8-3-5-9(11)6-4-8/h3-6H,7,12H2,1-2H3. The number of nitrogens with two attached hydrogens (primary N) is 1. The maximum Gasteiger partial charge on any atom is 0.207 e. The van der Waals surface area contributed by atoms with Crippen LogP contribution in [0.2, 0.25) is 0 Å². The van der Waals surface area contributed by atoms with Crippen molar-refractivity contribution in [2.45, 2.75) is 5.79 Å². The molecule has 0 fully saturated rings. The summed E-state index contributed by atoms with van der Waals surface area (Å²) in [4.78, 5) is 0. The van der Waals surface area contributed by atoms with E-state index in [2.05, 4.69) is 15.9 Å². The van der Waals surface area contributed by atoms with Crippen LogP contribution < -0.4 is 5.73 Å². The molecule has 0 aliphatic carbocycles. The first kappa shape index (κ1) is 11.7. The number of hydrogen-bond donors (Lipinski definition) is 1. The summed E-state index contributed by atoms with van der Waals surface area (Å²) in [5.41, 5.74) is 6.55. The van der Waals surface area contributed by atoms with Crippen molar-refractivity contribution in [1.82, 2.24) is 0 Å². The lowest BCUT2D eigenvalue weighted by Crippen LogP contribution is -2.38. The lowest BCUT2D eigenvalue weighted by Gasteiger charge is -2.29. The van der Waals surface area contributed by atoms with E-state index < -0.39 is 5.79 Å². The van der Waals surface area contributed by atoms with Crippen molar-refractivity contribution in [3.05, 3.63) is 34.3 Å². The minimum atomic E-state index is -0.833. The highest BCUT2D eigenvalue weighted by Gasteiger charge is 2.29. The van der Waals surface area contributed by atoms with Crippen molar-refractivity contribution in [1.29, 1.82) is 0 Å². The molecule has 1 rings (SSSR count). The van der Waals surface area contributed by atoms with E-state index in [4.69, 9.17) is 15.2 Å². The van der Waals surface area contributed by atoms with Crippen molar-refractivity contribution in [2.24, 2.45) is 5.73 Å². The maximum absolute atomic E-state index is 5.64. The molecule has 0 aliphatic rings. The average molecular weight is 260 g/mol. The molecule has 2 N–H and O–H groups in total. The van der Waals surface area contributed by atoms with Crippen LogP contribution in [0.25, 0.3) is 0 Å². The lowest BCUT2D eigenvalue weighted by atomic mass is 10.1. The number of hydrogen-bond acceptors (Lipinski definition) is 3. The zero-order chi connectivity index (χ0) is 10.6. The molecule has 14 heavy (non-hydrogen) atoms. The van der Waals surface area contributed by atoms with Gasteiger partial charge >= 0.3 is 0 Å². The van der Waals surface area contributed by atoms with Crippen LogP contribution >= 0.6 is 15.9 Å². The molecular weight excluding hydrogens is 246 g/mol. The Bertz CT molecular complexity index is 274. The molecule has 1 aromatic carbocycles. The summed E-state index contributed by atoms with van der Waals surface area (Å²) in [6.45, 7) is 0.279. The van der Waals surface area contributed by atoms with E-state index in [-0.39, 0.29) is 6.54 Å². The van der Waals surface area contributed by atoms with Crippen LogP contribution in [0.5, 0.6) is 0 Å². The third kappa shape index (κ3) is 2.15. The van der Waals surface area contributed by atoms with Crippen LogP contribution in [-0.4, -0.2) is 20.8 Å². The first-order valence-electron chi connectivity index (χ1n) is 4.25. The summed E-state index contributed by atoms with van der Waals surface area (Å²) in [7, 11) is 3.16. The zero-order valence-electron chi connectivity index (χ0n) is 8.29. The van der Waals surface area contributed by atoms with Gasteiger partial charge in [0, 0.05) is 24.3 Å². The van der Waals surface area contributed by atoms with E-state index in [1.807, 2.05) is 24.3 Å². The second kappa shape index (κ2) is 4.89. The summed E-state index contributed by atoms with van der Waals surface area (Å²) < 4.78 is 11.6. The molecular formula is C10H14BrNO2. The molecule has 0 amide bonds. The van der Waals surface area contributed by atoms with Crippen molar-refractivity contribution >= 4 is 15.9 Å². The normalized spacial score (nSPS) is 11.7. The van der Waals surface area contributed by atoms with Gasteiger partial charge in [0.15, 0.2) is 0 Å². The Morgan fingerprint density at radius 1 is 1.21 bits per heavy atom. The van der Waals surface area contributed by atoms with E-state index >= 15 is 0 Å². The Morgan fingerprint density at radius 3 is 2.07 bits per heavy atom. The summed E-state index contributed by atoms with van der Waals surface area (Å²) in [5, 5.41) is 0. The van der Waals surface area contributed by atoms with Crippen LogP contribution in [0.15, 0.2) is 28.7 Å². The van der Waals surface area contributed by atoms with Crippen LogP contribution in [-0.2, 0) is 15.3 Å². The van der Waals surface area contributed by atoms with Crippen molar-refractivity contribution in [2.75, 3.05) is 20.8 Å². The predicted octanol–water partition coefficient (Wildman–Crippen LogP) is 1.85. The number of ether oxygens (including phenoxy) is 2. The quantitative estimate of drug-likeness (QED) is 0.840. The van der Waals surface area contributed by atoms with Gasteiger partial charge in [-0.3, -0.25) is 0 Å². The van der Waals surface area contributed by atoms with Gasteiger partial charge in [0.25, 0.3) is 0 Å². The number of benzene rings is 1. The molecule has 0 saturated carbocycles. The van der Waals surface area contributed by atoms with Crippen molar-refractivity contribution in [3.8, 4) is 0 Å². The summed E-state index contributed by atoms with van der Waals surface area (Å²) in [6.07, 6.45) is 0. The van der Waals surface area contributed by atoms with Gasteiger partial charge in [0.05, 0.1) is 6.54 Å². The first-order valence-corrected chi connectivity index (χ1v) is 5.04. The Labute approximate surface area is 92.3 Å². The lowest BCUT2D eigenvalue weighted by molar-refractivity contribution is -0.207. The van der Waals surface area contributed by atoms with E-state index in [1.54, 1.807) is 14.2 Å². The molecule has 0 radical (unpaired) electrons. The van der Waals surface area contributed by atoms with E-state index in [0.29, 0.717) is 0 Å². The highest BCUT2D eigenvalue weighted by Crippen LogP contribution is 2.25. The zero-order valence-corrected chi connectivity index (χ0v) is 9.87. The third-order valence-electron chi connectivity index (χ3n) is 2.21. The number of methoxy groups -OCH3 is 2. The predicted molar refractivity (Wildman–Crippen MR) is 58.9 cm³/mol. The Hall–Kier alpha value is -0.420. The molecule has 0 aliphatic heterocycles. The van der Waals surface area contributed by atoms with Gasteiger partial charge in [-0.1, -0.05) is 28.1 Å². The fourth-order valence-corrected chi connectivity index (χ4v) is 1.57. The van der Waals surface area contributed by atoms with Crippen LogP contribution in [0.3, 0.4) is 0 Å². The molecule has 0 atom stereocenters. The molecule has 3 nitrogen and oxygen atoms in total. The van der Waals surface area contributed by atoms with Gasteiger partial charge in [0.1, 0.15) is 0 Å². The van der Waals surface area contributed by atoms with Crippen molar-refractivity contribution in [3.63, 3.8) is 0 Å². The minimum Gasteiger partial charge on any atom is -0.348 e. The smallest absolute Gasteiger partial charge is 0.207 e. The minimum absolute atomic E-state index is 0.279. The Kier molecular flexibility index (Phi) is 4.07.